The molecule has 0 spiro atoms. The fourth-order valence-electron chi connectivity index (χ4n) is 2.73. The summed E-state index contributed by atoms with van der Waals surface area (Å²) < 4.78 is 5.62. The first kappa shape index (κ1) is 11.4. The number of hydrazine groups is 1. The molecule has 15 heavy (non-hydrogen) atoms. The van der Waals surface area contributed by atoms with Gasteiger partial charge in [-0.1, -0.05) is 6.42 Å². The number of hydrogen-bond donors (Lipinski definition) is 2. The first-order chi connectivity index (χ1) is 7.40. The van der Waals surface area contributed by atoms with Gasteiger partial charge in [-0.2, -0.15) is 0 Å². The van der Waals surface area contributed by atoms with Crippen molar-refractivity contribution in [2.45, 2.75) is 63.5 Å². The van der Waals surface area contributed by atoms with Crippen LogP contribution in [0.5, 0.6) is 0 Å². The highest BCUT2D eigenvalue weighted by Gasteiger charge is 2.26. The van der Waals surface area contributed by atoms with Gasteiger partial charge < -0.3 is 4.74 Å². The summed E-state index contributed by atoms with van der Waals surface area (Å²) in [5.41, 5.74) is 2.99. The molecule has 0 aromatic heterocycles. The molecule has 1 aliphatic carbocycles. The van der Waals surface area contributed by atoms with Crippen molar-refractivity contribution in [3.05, 3.63) is 0 Å². The van der Waals surface area contributed by atoms with Gasteiger partial charge >= 0.3 is 0 Å². The Labute approximate surface area is 92.7 Å². The lowest BCUT2D eigenvalue weighted by Gasteiger charge is -2.33. The Bertz CT molecular complexity index is 176. The Kier molecular flexibility index (Phi) is 4.42. The van der Waals surface area contributed by atoms with Gasteiger partial charge in [-0.3, -0.25) is 11.3 Å². The zero-order chi connectivity index (χ0) is 10.5. The third-order valence-electron chi connectivity index (χ3n) is 4.00. The summed E-state index contributed by atoms with van der Waals surface area (Å²) in [5, 5.41) is 0. The van der Waals surface area contributed by atoms with Crippen LogP contribution < -0.4 is 11.3 Å². The smallest absolute Gasteiger partial charge is 0.0576 e. The van der Waals surface area contributed by atoms with Crippen LogP contribution in [0.3, 0.4) is 0 Å². The van der Waals surface area contributed by atoms with Crippen LogP contribution in [0.1, 0.15) is 51.4 Å². The third kappa shape index (κ3) is 3.16. The van der Waals surface area contributed by atoms with E-state index in [1.54, 1.807) is 0 Å². The van der Waals surface area contributed by atoms with Crippen LogP contribution >= 0.6 is 0 Å². The van der Waals surface area contributed by atoms with Gasteiger partial charge in [-0.15, -0.1) is 0 Å². The van der Waals surface area contributed by atoms with Crippen LogP contribution in [0.2, 0.25) is 0 Å². The van der Waals surface area contributed by atoms with E-state index in [2.05, 4.69) is 5.43 Å². The topological polar surface area (TPSA) is 47.3 Å². The van der Waals surface area contributed by atoms with Crippen LogP contribution in [-0.2, 0) is 4.74 Å². The number of nitrogens with one attached hydrogen (secondary N) is 1. The molecule has 1 heterocycles. The molecule has 1 saturated carbocycles. The SMILES string of the molecule is NNC(CCCC1CCCO1)C1CCC1. The number of hydrogen-bond acceptors (Lipinski definition) is 3. The third-order valence-corrected chi connectivity index (χ3v) is 4.00. The molecule has 88 valence electrons. The molecule has 0 aromatic rings. The average Bonchev–Trinajstić information content (AvgIpc) is 2.66. The average molecular weight is 212 g/mol. The second-order valence-corrected chi connectivity index (χ2v) is 5.03. The molecule has 3 N–H and O–H groups in total. The summed E-state index contributed by atoms with van der Waals surface area (Å²) in [6.07, 6.45) is 10.9. The number of ether oxygens (including phenoxy) is 1. The molecule has 2 atom stereocenters. The van der Waals surface area contributed by atoms with Crippen molar-refractivity contribution in [3.63, 3.8) is 0 Å². The number of nitrogens with two attached hydrogens (primary N) is 1. The predicted molar refractivity (Wildman–Crippen MR) is 61.3 cm³/mol. The van der Waals surface area contributed by atoms with E-state index in [9.17, 15) is 0 Å². The van der Waals surface area contributed by atoms with Crippen molar-refractivity contribution in [2.24, 2.45) is 11.8 Å². The van der Waals surface area contributed by atoms with Crippen molar-refractivity contribution in [2.75, 3.05) is 6.61 Å². The molecule has 0 aromatic carbocycles. The molecule has 2 unspecified atom stereocenters. The lowest BCUT2D eigenvalue weighted by Crippen LogP contribution is -2.43. The fraction of sp³-hybridized carbons (Fsp3) is 1.00. The molecule has 2 aliphatic rings. The highest BCUT2D eigenvalue weighted by atomic mass is 16.5. The quantitative estimate of drug-likeness (QED) is 0.523. The Hall–Kier alpha value is -0.120. The van der Waals surface area contributed by atoms with Gasteiger partial charge in [0.1, 0.15) is 0 Å². The molecular formula is C12H24N2O. The fourth-order valence-corrected chi connectivity index (χ4v) is 2.73. The largest absolute Gasteiger partial charge is 0.378 e. The molecular weight excluding hydrogens is 188 g/mol. The monoisotopic (exact) mass is 212 g/mol. The highest BCUT2D eigenvalue weighted by molar-refractivity contribution is 4.81. The van der Waals surface area contributed by atoms with Crippen LogP contribution in [0.25, 0.3) is 0 Å². The van der Waals surface area contributed by atoms with Crippen LogP contribution in [0.15, 0.2) is 0 Å². The summed E-state index contributed by atoms with van der Waals surface area (Å²) in [6.45, 7) is 0.978. The van der Waals surface area contributed by atoms with E-state index in [0.717, 1.165) is 12.5 Å². The van der Waals surface area contributed by atoms with Gasteiger partial charge in [0, 0.05) is 12.6 Å². The first-order valence-electron chi connectivity index (χ1n) is 6.48. The molecule has 3 nitrogen and oxygen atoms in total. The normalized spacial score (nSPS) is 29.0. The van der Waals surface area contributed by atoms with Crippen molar-refractivity contribution in [1.82, 2.24) is 5.43 Å². The summed E-state index contributed by atoms with van der Waals surface area (Å²) >= 11 is 0. The maximum atomic E-state index is 5.62. The van der Waals surface area contributed by atoms with Gasteiger partial charge in [0.15, 0.2) is 0 Å². The van der Waals surface area contributed by atoms with E-state index in [1.165, 1.54) is 51.4 Å². The zero-order valence-electron chi connectivity index (χ0n) is 9.58. The molecule has 1 aliphatic heterocycles. The van der Waals surface area contributed by atoms with E-state index >= 15 is 0 Å². The van der Waals surface area contributed by atoms with E-state index in [4.69, 9.17) is 10.6 Å². The molecule has 0 radical (unpaired) electrons. The van der Waals surface area contributed by atoms with Gasteiger partial charge in [0.25, 0.3) is 0 Å². The molecule has 2 fully saturated rings. The molecule has 0 bridgehead atoms. The Morgan fingerprint density at radius 1 is 1.27 bits per heavy atom. The molecule has 1 saturated heterocycles. The highest BCUT2D eigenvalue weighted by Crippen LogP contribution is 2.31. The maximum absolute atomic E-state index is 5.62. The van der Waals surface area contributed by atoms with Crippen molar-refractivity contribution >= 4 is 0 Å². The molecule has 3 heteroatoms. The van der Waals surface area contributed by atoms with E-state index in [-0.39, 0.29) is 0 Å². The summed E-state index contributed by atoms with van der Waals surface area (Å²) in [7, 11) is 0. The Morgan fingerprint density at radius 2 is 2.13 bits per heavy atom. The summed E-state index contributed by atoms with van der Waals surface area (Å²) in [4.78, 5) is 0. The van der Waals surface area contributed by atoms with Crippen LogP contribution in [0, 0.1) is 5.92 Å². The number of rotatable bonds is 6. The van der Waals surface area contributed by atoms with Gasteiger partial charge in [0.2, 0.25) is 0 Å². The molecule has 2 rings (SSSR count). The van der Waals surface area contributed by atoms with E-state index in [0.29, 0.717) is 12.1 Å². The minimum atomic E-state index is 0.546. The lowest BCUT2D eigenvalue weighted by atomic mass is 9.78. The van der Waals surface area contributed by atoms with Crippen LogP contribution in [-0.4, -0.2) is 18.8 Å². The second kappa shape index (κ2) is 5.83. The molecule has 0 amide bonds. The lowest BCUT2D eigenvalue weighted by molar-refractivity contribution is 0.0991. The van der Waals surface area contributed by atoms with Gasteiger partial charge in [0.05, 0.1) is 6.10 Å². The standard InChI is InChI=1S/C12H24N2O/c13-14-12(10-4-1-5-10)8-2-6-11-7-3-9-15-11/h10-12,14H,1-9,13H2. The maximum Gasteiger partial charge on any atom is 0.0576 e. The van der Waals surface area contributed by atoms with E-state index < -0.39 is 0 Å². The minimum Gasteiger partial charge on any atom is -0.378 e. The Morgan fingerprint density at radius 3 is 2.67 bits per heavy atom. The van der Waals surface area contributed by atoms with E-state index in [1.807, 2.05) is 0 Å². The predicted octanol–water partition coefficient (Wildman–Crippen LogP) is 1.97. The summed E-state index contributed by atoms with van der Waals surface area (Å²) in [6, 6.07) is 0.556. The second-order valence-electron chi connectivity index (χ2n) is 5.03. The first-order valence-corrected chi connectivity index (χ1v) is 6.48. The zero-order valence-corrected chi connectivity index (χ0v) is 9.58. The Balaban J connectivity index is 1.58. The minimum absolute atomic E-state index is 0.546. The summed E-state index contributed by atoms with van der Waals surface area (Å²) in [5.74, 6) is 6.44. The van der Waals surface area contributed by atoms with Crippen LogP contribution in [0.4, 0.5) is 0 Å². The van der Waals surface area contributed by atoms with Gasteiger partial charge in [-0.25, -0.2) is 0 Å². The van der Waals surface area contributed by atoms with Crippen molar-refractivity contribution < 1.29 is 4.74 Å². The van der Waals surface area contributed by atoms with Gasteiger partial charge in [-0.05, 0) is 50.9 Å². The van der Waals surface area contributed by atoms with Crippen molar-refractivity contribution in [3.8, 4) is 0 Å². The van der Waals surface area contributed by atoms with Crippen molar-refractivity contribution in [1.29, 1.82) is 0 Å².